The summed E-state index contributed by atoms with van der Waals surface area (Å²) in [7, 11) is -3.50. The molecule has 0 aliphatic carbocycles. The van der Waals surface area contributed by atoms with E-state index in [0.29, 0.717) is 12.5 Å². The number of benzene rings is 1. The fraction of sp³-hybridized carbons (Fsp3) is 0.538. The average Bonchev–Trinajstić information content (AvgIpc) is 2.81. The monoisotopic (exact) mass is 302 g/mol. The molecular formula is C13H19ClN2O2S. The predicted molar refractivity (Wildman–Crippen MR) is 77.0 cm³/mol. The summed E-state index contributed by atoms with van der Waals surface area (Å²) in [5.41, 5.74) is 0.945. The molecule has 1 atom stereocenters. The van der Waals surface area contributed by atoms with Crippen LogP contribution in [0.5, 0.6) is 0 Å². The molecule has 1 fully saturated rings. The largest absolute Gasteiger partial charge is 0.316 e. The van der Waals surface area contributed by atoms with Gasteiger partial charge in [0, 0.05) is 6.54 Å². The smallest absolute Gasteiger partial charge is 0.242 e. The molecule has 0 bridgehead atoms. The molecule has 106 valence electrons. The Morgan fingerprint density at radius 1 is 1.47 bits per heavy atom. The molecule has 1 heterocycles. The van der Waals surface area contributed by atoms with Crippen LogP contribution < -0.4 is 10.0 Å². The van der Waals surface area contributed by atoms with Crippen LogP contribution in [-0.2, 0) is 10.0 Å². The van der Waals surface area contributed by atoms with Crippen molar-refractivity contribution < 1.29 is 8.42 Å². The fourth-order valence-corrected chi connectivity index (χ4v) is 3.90. The van der Waals surface area contributed by atoms with Gasteiger partial charge >= 0.3 is 0 Å². The van der Waals surface area contributed by atoms with E-state index in [1.807, 2.05) is 6.92 Å². The number of halogens is 1. The highest BCUT2D eigenvalue weighted by Crippen LogP contribution is 2.22. The Balaban J connectivity index is 1.97. The van der Waals surface area contributed by atoms with Crippen LogP contribution in [0.1, 0.15) is 18.4 Å². The van der Waals surface area contributed by atoms with Gasteiger partial charge in [0.15, 0.2) is 0 Å². The first-order chi connectivity index (χ1) is 8.99. The highest BCUT2D eigenvalue weighted by Gasteiger charge is 2.19. The zero-order valence-electron chi connectivity index (χ0n) is 10.9. The van der Waals surface area contributed by atoms with Gasteiger partial charge in [-0.1, -0.05) is 17.7 Å². The topological polar surface area (TPSA) is 58.2 Å². The van der Waals surface area contributed by atoms with Crippen molar-refractivity contribution in [3.63, 3.8) is 0 Å². The standard InChI is InChI=1S/C13H19ClN2O2S/c1-10-2-3-13(12(14)8-10)19(17,18)16-7-5-11-4-6-15-9-11/h2-3,8,11,15-16H,4-7,9H2,1H3. The first-order valence-electron chi connectivity index (χ1n) is 6.45. The minimum Gasteiger partial charge on any atom is -0.316 e. The van der Waals surface area contributed by atoms with Crippen LogP contribution >= 0.6 is 11.6 Å². The SMILES string of the molecule is Cc1ccc(S(=O)(=O)NCCC2CCNC2)c(Cl)c1. The van der Waals surface area contributed by atoms with E-state index in [4.69, 9.17) is 11.6 Å². The highest BCUT2D eigenvalue weighted by molar-refractivity contribution is 7.89. The molecule has 4 nitrogen and oxygen atoms in total. The molecule has 0 radical (unpaired) electrons. The van der Waals surface area contributed by atoms with E-state index in [0.717, 1.165) is 31.5 Å². The van der Waals surface area contributed by atoms with Gasteiger partial charge < -0.3 is 5.32 Å². The van der Waals surface area contributed by atoms with Gasteiger partial charge in [-0.25, -0.2) is 13.1 Å². The lowest BCUT2D eigenvalue weighted by molar-refractivity contribution is 0.519. The quantitative estimate of drug-likeness (QED) is 0.874. The predicted octanol–water partition coefficient (Wildman–Crippen LogP) is 1.93. The molecule has 2 rings (SSSR count). The Labute approximate surface area is 119 Å². The van der Waals surface area contributed by atoms with Crippen molar-refractivity contribution in [1.29, 1.82) is 0 Å². The number of hydrogen-bond acceptors (Lipinski definition) is 3. The lowest BCUT2D eigenvalue weighted by Gasteiger charge is -2.11. The van der Waals surface area contributed by atoms with Crippen molar-refractivity contribution in [3.8, 4) is 0 Å². The molecule has 6 heteroatoms. The van der Waals surface area contributed by atoms with Gasteiger partial charge in [0.05, 0.1) is 5.02 Å². The minimum absolute atomic E-state index is 0.157. The van der Waals surface area contributed by atoms with E-state index in [-0.39, 0.29) is 9.92 Å². The molecule has 0 aromatic heterocycles. The summed E-state index contributed by atoms with van der Waals surface area (Å²) in [6.45, 7) is 4.34. The molecule has 1 aliphatic heterocycles. The van der Waals surface area contributed by atoms with E-state index in [9.17, 15) is 8.42 Å². The minimum atomic E-state index is -3.50. The first-order valence-corrected chi connectivity index (χ1v) is 8.32. The van der Waals surface area contributed by atoms with Gasteiger partial charge in [0.1, 0.15) is 4.90 Å². The molecule has 1 saturated heterocycles. The van der Waals surface area contributed by atoms with Crippen LogP contribution in [0.15, 0.2) is 23.1 Å². The molecular weight excluding hydrogens is 284 g/mol. The number of hydrogen-bond donors (Lipinski definition) is 2. The van der Waals surface area contributed by atoms with Gasteiger partial charge in [-0.05, 0) is 56.5 Å². The van der Waals surface area contributed by atoms with Crippen LogP contribution in [0.4, 0.5) is 0 Å². The van der Waals surface area contributed by atoms with Crippen LogP contribution in [0.3, 0.4) is 0 Å². The van der Waals surface area contributed by atoms with E-state index in [1.54, 1.807) is 18.2 Å². The maximum atomic E-state index is 12.1. The number of sulfonamides is 1. The maximum Gasteiger partial charge on any atom is 0.242 e. The third-order valence-electron chi connectivity index (χ3n) is 3.38. The van der Waals surface area contributed by atoms with Crippen molar-refractivity contribution in [2.45, 2.75) is 24.7 Å². The molecule has 1 aliphatic rings. The van der Waals surface area contributed by atoms with Crippen molar-refractivity contribution in [2.24, 2.45) is 5.92 Å². The lowest BCUT2D eigenvalue weighted by atomic mass is 10.1. The first kappa shape index (κ1) is 14.8. The maximum absolute atomic E-state index is 12.1. The molecule has 1 aromatic rings. The Bertz CT molecular complexity index is 540. The number of aryl methyl sites for hydroxylation is 1. The Morgan fingerprint density at radius 2 is 2.26 bits per heavy atom. The van der Waals surface area contributed by atoms with Gasteiger partial charge in [-0.2, -0.15) is 0 Å². The summed E-state index contributed by atoms with van der Waals surface area (Å²) in [6, 6.07) is 4.97. The van der Waals surface area contributed by atoms with Crippen molar-refractivity contribution in [1.82, 2.24) is 10.0 Å². The van der Waals surface area contributed by atoms with Gasteiger partial charge in [-0.15, -0.1) is 0 Å². The number of nitrogens with one attached hydrogen (secondary N) is 2. The zero-order chi connectivity index (χ0) is 13.9. The van der Waals surface area contributed by atoms with Crippen LogP contribution in [-0.4, -0.2) is 28.1 Å². The van der Waals surface area contributed by atoms with E-state index >= 15 is 0 Å². The number of rotatable bonds is 5. The van der Waals surface area contributed by atoms with Gasteiger partial charge in [0.25, 0.3) is 0 Å². The normalized spacial score (nSPS) is 19.8. The molecule has 0 spiro atoms. The van der Waals surface area contributed by atoms with Gasteiger partial charge in [0.2, 0.25) is 10.0 Å². The summed E-state index contributed by atoms with van der Waals surface area (Å²) in [6.07, 6.45) is 1.97. The second-order valence-electron chi connectivity index (χ2n) is 4.98. The summed E-state index contributed by atoms with van der Waals surface area (Å²) < 4.78 is 26.9. The Morgan fingerprint density at radius 3 is 2.89 bits per heavy atom. The van der Waals surface area contributed by atoms with E-state index in [1.165, 1.54) is 0 Å². The molecule has 2 N–H and O–H groups in total. The Hall–Kier alpha value is -0.620. The van der Waals surface area contributed by atoms with E-state index in [2.05, 4.69) is 10.0 Å². The summed E-state index contributed by atoms with van der Waals surface area (Å²) in [5.74, 6) is 0.566. The summed E-state index contributed by atoms with van der Waals surface area (Å²) in [5, 5.41) is 3.54. The molecule has 19 heavy (non-hydrogen) atoms. The fourth-order valence-electron chi connectivity index (χ4n) is 2.26. The zero-order valence-corrected chi connectivity index (χ0v) is 12.5. The van der Waals surface area contributed by atoms with Gasteiger partial charge in [-0.3, -0.25) is 0 Å². The lowest BCUT2D eigenvalue weighted by Crippen LogP contribution is -2.27. The van der Waals surface area contributed by atoms with E-state index < -0.39 is 10.0 Å². The van der Waals surface area contributed by atoms with Crippen molar-refractivity contribution in [2.75, 3.05) is 19.6 Å². The third-order valence-corrected chi connectivity index (χ3v) is 5.33. The summed E-state index contributed by atoms with van der Waals surface area (Å²) >= 11 is 5.99. The second kappa shape index (κ2) is 6.22. The van der Waals surface area contributed by atoms with Crippen molar-refractivity contribution >= 4 is 21.6 Å². The average molecular weight is 303 g/mol. The van der Waals surface area contributed by atoms with Crippen LogP contribution in [0, 0.1) is 12.8 Å². The second-order valence-corrected chi connectivity index (χ2v) is 7.12. The van der Waals surface area contributed by atoms with Crippen LogP contribution in [0.25, 0.3) is 0 Å². The molecule has 0 saturated carbocycles. The highest BCUT2D eigenvalue weighted by atomic mass is 35.5. The van der Waals surface area contributed by atoms with Crippen molar-refractivity contribution in [3.05, 3.63) is 28.8 Å². The molecule has 0 amide bonds. The Kier molecular flexibility index (Phi) is 4.84. The molecule has 1 aromatic carbocycles. The third kappa shape index (κ3) is 3.92. The van der Waals surface area contributed by atoms with Crippen LogP contribution in [0.2, 0.25) is 5.02 Å². The summed E-state index contributed by atoms with van der Waals surface area (Å²) in [4.78, 5) is 0.157. The molecule has 1 unspecified atom stereocenters.